The molecule has 8 nitrogen and oxygen atoms in total. The molecule has 1 heterocycles. The quantitative estimate of drug-likeness (QED) is 0.136. The predicted octanol–water partition coefficient (Wildman–Crippen LogP) is 6.05. The Morgan fingerprint density at radius 1 is 0.854 bits per heavy atom. The third-order valence-corrected chi connectivity index (χ3v) is 8.00. The van der Waals surface area contributed by atoms with Crippen molar-refractivity contribution in [2.24, 2.45) is 0 Å². The largest absolute Gasteiger partial charge is 0.390 e. The van der Waals surface area contributed by atoms with Crippen LogP contribution in [-0.2, 0) is 19.4 Å². The maximum Gasteiger partial charge on any atom is 0.253 e. The van der Waals surface area contributed by atoms with Crippen molar-refractivity contribution < 1.29 is 23.5 Å². The molecular weight excluding hydrogens is 612 g/mol. The summed E-state index contributed by atoms with van der Waals surface area (Å²) in [4.78, 5) is 37.6. The summed E-state index contributed by atoms with van der Waals surface area (Å²) in [7, 11) is 0. The molecule has 10 heteroatoms. The van der Waals surface area contributed by atoms with Gasteiger partial charge in [-0.25, -0.2) is 18.7 Å². The molecule has 0 spiro atoms. The van der Waals surface area contributed by atoms with E-state index >= 15 is 0 Å². The first-order valence-electron chi connectivity index (χ1n) is 16.6. The fraction of sp³-hybridized carbons (Fsp3) is 0.368. The summed E-state index contributed by atoms with van der Waals surface area (Å²) >= 11 is 0. The molecule has 3 N–H and O–H groups in total. The number of hydrogen-bond donors (Lipinski definition) is 3. The van der Waals surface area contributed by atoms with E-state index in [1.54, 1.807) is 23.1 Å². The van der Waals surface area contributed by atoms with Gasteiger partial charge in [0.1, 0.15) is 11.6 Å². The SMILES string of the molecule is CCCN(CCC)C(=O)c1cc(C)cc(C(=O)N[C@@H](Cc2cc(F)cc(F)c2)[C@H](O)CNCc2cccc(-c3ncc(CC)cn3)c2)c1. The van der Waals surface area contributed by atoms with E-state index < -0.39 is 29.7 Å². The lowest BCUT2D eigenvalue weighted by atomic mass is 9.99. The van der Waals surface area contributed by atoms with Gasteiger partial charge in [0, 0.05) is 61.3 Å². The Bertz CT molecular complexity index is 1660. The first-order valence-corrected chi connectivity index (χ1v) is 16.6. The van der Waals surface area contributed by atoms with Gasteiger partial charge in [0.25, 0.3) is 11.8 Å². The standard InChI is InChI=1S/C38H45F2N5O3/c1-5-11-45(12-6-2)38(48)31-14-25(4)13-30(19-31)37(47)44-34(18-28-16-32(39)20-33(40)17-28)35(46)24-41-21-27-9-8-10-29(15-27)36-42-22-26(7-3)23-43-36/h8-10,13-17,19-20,22-23,34-35,41,46H,5-7,11-12,18,21,24H2,1-4H3,(H,44,47)/t34-,35+/m0/s1. The van der Waals surface area contributed by atoms with E-state index in [9.17, 15) is 23.5 Å². The summed E-state index contributed by atoms with van der Waals surface area (Å²) in [5.74, 6) is -1.54. The average molecular weight is 658 g/mol. The third-order valence-electron chi connectivity index (χ3n) is 8.00. The molecule has 1 aromatic heterocycles. The van der Waals surface area contributed by atoms with E-state index in [0.717, 1.165) is 47.6 Å². The van der Waals surface area contributed by atoms with Gasteiger partial charge in [-0.3, -0.25) is 9.59 Å². The molecule has 0 bridgehead atoms. The van der Waals surface area contributed by atoms with Crippen molar-refractivity contribution >= 4 is 11.8 Å². The number of rotatable bonds is 16. The Morgan fingerprint density at radius 2 is 1.52 bits per heavy atom. The van der Waals surface area contributed by atoms with Crippen molar-refractivity contribution in [2.75, 3.05) is 19.6 Å². The van der Waals surface area contributed by atoms with Gasteiger partial charge in [0.05, 0.1) is 12.1 Å². The smallest absolute Gasteiger partial charge is 0.253 e. The zero-order chi connectivity index (χ0) is 34.6. The van der Waals surface area contributed by atoms with Crippen molar-refractivity contribution in [1.82, 2.24) is 25.5 Å². The molecule has 0 aliphatic carbocycles. The number of aromatic nitrogens is 2. The van der Waals surface area contributed by atoms with Gasteiger partial charge >= 0.3 is 0 Å². The number of aryl methyl sites for hydroxylation is 2. The van der Waals surface area contributed by atoms with Crippen LogP contribution in [0.15, 0.2) is 73.1 Å². The molecule has 3 aromatic carbocycles. The van der Waals surface area contributed by atoms with E-state index in [4.69, 9.17) is 0 Å². The monoisotopic (exact) mass is 657 g/mol. The summed E-state index contributed by atoms with van der Waals surface area (Å²) in [6.07, 6.45) is 4.95. The van der Waals surface area contributed by atoms with E-state index in [1.807, 2.05) is 64.4 Å². The number of nitrogens with zero attached hydrogens (tertiary/aromatic N) is 3. The maximum absolute atomic E-state index is 14.1. The number of nitrogens with one attached hydrogen (secondary N) is 2. The van der Waals surface area contributed by atoms with Crippen molar-refractivity contribution in [3.63, 3.8) is 0 Å². The molecule has 0 saturated carbocycles. The van der Waals surface area contributed by atoms with E-state index in [2.05, 4.69) is 20.6 Å². The zero-order valence-electron chi connectivity index (χ0n) is 28.1. The lowest BCUT2D eigenvalue weighted by Gasteiger charge is -2.25. The van der Waals surface area contributed by atoms with Gasteiger partial charge in [0.2, 0.25) is 0 Å². The Labute approximate surface area is 281 Å². The molecule has 0 aliphatic rings. The molecule has 0 radical (unpaired) electrons. The van der Waals surface area contributed by atoms with Crippen LogP contribution in [0.25, 0.3) is 11.4 Å². The number of halogens is 2. The topological polar surface area (TPSA) is 107 Å². The van der Waals surface area contributed by atoms with Crippen molar-refractivity contribution in [3.05, 3.63) is 118 Å². The summed E-state index contributed by atoms with van der Waals surface area (Å²) < 4.78 is 28.2. The average Bonchev–Trinajstić information content (AvgIpc) is 3.07. The number of carbonyl (C=O) groups excluding carboxylic acids is 2. The second-order valence-corrected chi connectivity index (χ2v) is 12.1. The van der Waals surface area contributed by atoms with Crippen LogP contribution in [0, 0.1) is 18.6 Å². The molecule has 0 fully saturated rings. The molecule has 0 unspecified atom stereocenters. The Hall–Kier alpha value is -4.54. The summed E-state index contributed by atoms with van der Waals surface area (Å²) in [5, 5.41) is 17.4. The van der Waals surface area contributed by atoms with Crippen LogP contribution in [0.1, 0.15) is 76.6 Å². The highest BCUT2D eigenvalue weighted by molar-refractivity contribution is 6.00. The van der Waals surface area contributed by atoms with Gasteiger partial charge in [-0.2, -0.15) is 0 Å². The van der Waals surface area contributed by atoms with E-state index in [0.29, 0.717) is 31.0 Å². The van der Waals surface area contributed by atoms with E-state index in [-0.39, 0.29) is 30.0 Å². The second-order valence-electron chi connectivity index (χ2n) is 12.1. The molecule has 0 saturated heterocycles. The minimum Gasteiger partial charge on any atom is -0.390 e. The zero-order valence-corrected chi connectivity index (χ0v) is 28.1. The maximum atomic E-state index is 14.1. The van der Waals surface area contributed by atoms with Crippen LogP contribution >= 0.6 is 0 Å². The third kappa shape index (κ3) is 10.2. The summed E-state index contributed by atoms with van der Waals surface area (Å²) in [6.45, 7) is 9.57. The van der Waals surface area contributed by atoms with E-state index in [1.165, 1.54) is 12.1 Å². The van der Waals surface area contributed by atoms with Crippen LogP contribution in [-0.4, -0.2) is 63.6 Å². The van der Waals surface area contributed by atoms with Crippen LogP contribution in [0.5, 0.6) is 0 Å². The highest BCUT2D eigenvalue weighted by atomic mass is 19.1. The number of amides is 2. The van der Waals surface area contributed by atoms with Crippen LogP contribution in [0.3, 0.4) is 0 Å². The minimum absolute atomic E-state index is 0.0256. The van der Waals surface area contributed by atoms with Crippen LogP contribution in [0.4, 0.5) is 8.78 Å². The van der Waals surface area contributed by atoms with Gasteiger partial charge in [0.15, 0.2) is 5.82 Å². The highest BCUT2D eigenvalue weighted by Gasteiger charge is 2.24. The van der Waals surface area contributed by atoms with Crippen molar-refractivity contribution in [1.29, 1.82) is 0 Å². The molecule has 2 amide bonds. The molecular formula is C38H45F2N5O3. The Morgan fingerprint density at radius 3 is 2.17 bits per heavy atom. The molecule has 4 rings (SSSR count). The normalized spacial score (nSPS) is 12.4. The Kier molecular flexibility index (Phi) is 13.3. The lowest BCUT2D eigenvalue weighted by molar-refractivity contribution is 0.0755. The highest BCUT2D eigenvalue weighted by Crippen LogP contribution is 2.18. The van der Waals surface area contributed by atoms with Crippen molar-refractivity contribution in [2.45, 2.75) is 72.1 Å². The van der Waals surface area contributed by atoms with Crippen molar-refractivity contribution in [3.8, 4) is 11.4 Å². The molecule has 48 heavy (non-hydrogen) atoms. The number of carbonyl (C=O) groups is 2. The first kappa shape index (κ1) is 36.3. The lowest BCUT2D eigenvalue weighted by Crippen LogP contribution is -2.48. The Balaban J connectivity index is 1.50. The van der Waals surface area contributed by atoms with Gasteiger partial charge in [-0.15, -0.1) is 0 Å². The predicted molar refractivity (Wildman–Crippen MR) is 184 cm³/mol. The minimum atomic E-state index is -1.12. The number of benzene rings is 3. The number of aliphatic hydroxyl groups is 1. The summed E-state index contributed by atoms with van der Waals surface area (Å²) in [5.41, 5.74) is 4.53. The van der Waals surface area contributed by atoms with Crippen LogP contribution < -0.4 is 10.6 Å². The van der Waals surface area contributed by atoms with Gasteiger partial charge in [-0.05, 0) is 91.3 Å². The molecule has 2 atom stereocenters. The molecule has 4 aromatic rings. The number of hydrogen-bond acceptors (Lipinski definition) is 6. The summed E-state index contributed by atoms with van der Waals surface area (Å²) in [6, 6.07) is 15.0. The fourth-order valence-corrected chi connectivity index (χ4v) is 5.61. The first-order chi connectivity index (χ1) is 23.1. The fourth-order valence-electron chi connectivity index (χ4n) is 5.61. The van der Waals surface area contributed by atoms with Crippen LogP contribution in [0.2, 0.25) is 0 Å². The van der Waals surface area contributed by atoms with Gasteiger partial charge in [-0.1, -0.05) is 39.0 Å². The number of aliphatic hydroxyl groups excluding tert-OH is 1. The second kappa shape index (κ2) is 17.6. The molecule has 0 aliphatic heterocycles. The van der Waals surface area contributed by atoms with Gasteiger partial charge < -0.3 is 20.6 Å². The molecule has 254 valence electrons.